The Hall–Kier alpha value is -0.500. The summed E-state index contributed by atoms with van der Waals surface area (Å²) >= 11 is 0. The molecule has 1 rings (SSSR count). The number of aliphatic hydroxyl groups is 3. The van der Waals surface area contributed by atoms with E-state index in [0.717, 1.165) is 21.1 Å². The summed E-state index contributed by atoms with van der Waals surface area (Å²) in [6, 6.07) is -1.51. The lowest BCUT2D eigenvalue weighted by molar-refractivity contribution is -0.248. The fraction of sp³-hybridized carbons (Fsp3) is 0.900. The highest BCUT2D eigenvalue weighted by Crippen LogP contribution is 2.66. The summed E-state index contributed by atoms with van der Waals surface area (Å²) in [5.41, 5.74) is 0. The van der Waals surface area contributed by atoms with Crippen LogP contribution >= 0.6 is 15.6 Å². The molecular weight excluding hydrogens is 407 g/mol. The number of carbonyl (C=O) groups excluding carboxylic acids is 1. The van der Waals surface area contributed by atoms with E-state index in [1.807, 2.05) is 0 Å². The number of ether oxygens (including phenoxy) is 1. The number of amides is 1. The molecule has 1 aliphatic heterocycles. The summed E-state index contributed by atoms with van der Waals surface area (Å²) in [7, 11) is -8.36. The second-order valence-electron chi connectivity index (χ2n) is 4.95. The fourth-order valence-corrected chi connectivity index (χ4v) is 4.33. The molecule has 16 heteroatoms. The number of hydrogen-bond acceptors (Lipinski definition) is 12. The first kappa shape index (κ1) is 23.5. The third-order valence-corrected chi connectivity index (χ3v) is 6.34. The predicted octanol–water partition coefficient (Wildman–Crippen LogP) is -0.627. The van der Waals surface area contributed by atoms with E-state index in [4.69, 9.17) is 9.26 Å². The Bertz CT molecular complexity index is 570. The van der Waals surface area contributed by atoms with Crippen LogP contribution in [0.1, 0.15) is 6.92 Å². The van der Waals surface area contributed by atoms with Crippen molar-refractivity contribution in [1.82, 2.24) is 5.32 Å². The lowest BCUT2D eigenvalue weighted by atomic mass is 9.97. The Balaban J connectivity index is 3.10. The van der Waals surface area contributed by atoms with Crippen molar-refractivity contribution in [3.63, 3.8) is 0 Å². The van der Waals surface area contributed by atoms with Gasteiger partial charge in [0.15, 0.2) is 6.29 Å². The molecule has 13 nitrogen and oxygen atoms in total. The zero-order valence-corrected chi connectivity index (χ0v) is 15.7. The van der Waals surface area contributed by atoms with Gasteiger partial charge in [0.25, 0.3) is 0 Å². The van der Waals surface area contributed by atoms with Gasteiger partial charge in [-0.1, -0.05) is 4.73 Å². The van der Waals surface area contributed by atoms with Gasteiger partial charge in [-0.25, -0.2) is 9.13 Å². The van der Waals surface area contributed by atoms with Gasteiger partial charge in [0.1, 0.15) is 24.4 Å². The van der Waals surface area contributed by atoms with Gasteiger partial charge in [-0.15, -0.1) is 0 Å². The lowest BCUT2D eigenvalue weighted by Crippen LogP contribution is -2.64. The minimum atomic E-state index is -4.97. The van der Waals surface area contributed by atoms with Crippen LogP contribution in [0.25, 0.3) is 0 Å². The van der Waals surface area contributed by atoms with Crippen LogP contribution in [0.4, 0.5) is 4.53 Å². The predicted molar refractivity (Wildman–Crippen MR) is 79.0 cm³/mol. The van der Waals surface area contributed by atoms with Gasteiger partial charge in [0, 0.05) is 21.1 Å². The van der Waals surface area contributed by atoms with Gasteiger partial charge in [-0.3, -0.25) is 18.4 Å². The van der Waals surface area contributed by atoms with Gasteiger partial charge in [-0.2, -0.15) is 4.31 Å². The molecule has 4 unspecified atom stereocenters. The van der Waals surface area contributed by atoms with Crippen molar-refractivity contribution in [1.29, 1.82) is 0 Å². The molecule has 0 aromatic rings. The van der Waals surface area contributed by atoms with E-state index in [1.165, 1.54) is 0 Å². The SMILES string of the molecule is COP(=O)(OF)OP(=O)(OC)O[C@@H]1OC(CO)[C@H](O)[C@H](O)C1NC(C)=O. The summed E-state index contributed by atoms with van der Waals surface area (Å²) in [6.07, 6.45) is -6.60. The van der Waals surface area contributed by atoms with E-state index >= 15 is 0 Å². The summed E-state index contributed by atoms with van der Waals surface area (Å²) in [6.45, 7) is 0.282. The molecule has 1 saturated heterocycles. The molecule has 154 valence electrons. The summed E-state index contributed by atoms with van der Waals surface area (Å²) in [5, 5.41) is 31.3. The number of phosphoric ester groups is 1. The molecule has 1 heterocycles. The second-order valence-corrected chi connectivity index (χ2v) is 8.47. The lowest BCUT2D eigenvalue weighted by Gasteiger charge is -2.42. The van der Waals surface area contributed by atoms with Crippen molar-refractivity contribution < 1.29 is 61.1 Å². The van der Waals surface area contributed by atoms with Gasteiger partial charge in [-0.05, 0) is 4.53 Å². The van der Waals surface area contributed by atoms with E-state index in [2.05, 4.69) is 23.4 Å². The summed E-state index contributed by atoms with van der Waals surface area (Å²) in [5.74, 6) is -0.691. The molecule has 0 spiro atoms. The first-order valence-corrected chi connectivity index (χ1v) is 9.88. The van der Waals surface area contributed by atoms with Gasteiger partial charge >= 0.3 is 15.6 Å². The number of aliphatic hydroxyl groups excluding tert-OH is 3. The summed E-state index contributed by atoms with van der Waals surface area (Å²) < 4.78 is 62.2. The third kappa shape index (κ3) is 5.75. The van der Waals surface area contributed by atoms with Crippen LogP contribution in [0.5, 0.6) is 0 Å². The molecule has 1 aliphatic rings. The number of hydrogen-bond donors (Lipinski definition) is 4. The molecule has 7 atom stereocenters. The van der Waals surface area contributed by atoms with E-state index in [9.17, 15) is 33.8 Å². The zero-order chi connectivity index (χ0) is 20.1. The molecule has 0 bridgehead atoms. The van der Waals surface area contributed by atoms with Gasteiger partial charge < -0.3 is 25.4 Å². The Kier molecular flexibility index (Phi) is 8.71. The number of carbonyl (C=O) groups is 1. The van der Waals surface area contributed by atoms with Crippen molar-refractivity contribution in [2.45, 2.75) is 37.6 Å². The molecule has 26 heavy (non-hydrogen) atoms. The number of halogens is 1. The molecule has 0 aromatic carbocycles. The van der Waals surface area contributed by atoms with Crippen LogP contribution in [0.15, 0.2) is 0 Å². The largest absolute Gasteiger partial charge is 0.514 e. The molecule has 0 aromatic heterocycles. The molecule has 0 aliphatic carbocycles. The van der Waals surface area contributed by atoms with E-state index < -0.39 is 58.8 Å². The highest BCUT2D eigenvalue weighted by molar-refractivity contribution is 7.62. The Labute approximate surface area is 147 Å². The highest BCUT2D eigenvalue weighted by Gasteiger charge is 2.50. The average Bonchev–Trinajstić information content (AvgIpc) is 2.60. The molecule has 1 amide bonds. The van der Waals surface area contributed by atoms with Crippen LogP contribution < -0.4 is 5.32 Å². The van der Waals surface area contributed by atoms with Crippen molar-refractivity contribution in [3.05, 3.63) is 0 Å². The topological polar surface area (TPSA) is 179 Å². The van der Waals surface area contributed by atoms with Crippen LogP contribution in [-0.2, 0) is 41.3 Å². The van der Waals surface area contributed by atoms with Crippen molar-refractivity contribution in [2.24, 2.45) is 0 Å². The van der Waals surface area contributed by atoms with Crippen LogP contribution in [0.3, 0.4) is 0 Å². The maximum absolute atomic E-state index is 12.4. The summed E-state index contributed by atoms with van der Waals surface area (Å²) in [4.78, 5) is 11.3. The first-order chi connectivity index (χ1) is 12.0. The minimum absolute atomic E-state index is 0.691. The van der Waals surface area contributed by atoms with Crippen LogP contribution in [0.2, 0.25) is 0 Å². The maximum atomic E-state index is 12.4. The van der Waals surface area contributed by atoms with Crippen molar-refractivity contribution >= 4 is 21.6 Å². The normalized spacial score (nSPS) is 33.9. The van der Waals surface area contributed by atoms with Crippen molar-refractivity contribution in [2.75, 3.05) is 20.8 Å². The Morgan fingerprint density at radius 2 is 1.77 bits per heavy atom. The van der Waals surface area contributed by atoms with Gasteiger partial charge in [0.2, 0.25) is 5.91 Å². The standard InChI is InChI=1S/C10H20FNO12P2/c1-5(14)12-7-9(16)8(15)6(4-13)21-10(7)22-25(17,19-2)24-26(18,20-3)23-11/h6-10,13,15-16H,4H2,1-3H3,(H,12,14)/t6?,7?,8-,9+,10-,25?,26?/m0/s1. The number of rotatable bonds is 9. The van der Waals surface area contributed by atoms with Crippen LogP contribution in [0, 0.1) is 0 Å². The second kappa shape index (κ2) is 9.62. The van der Waals surface area contributed by atoms with E-state index in [0.29, 0.717) is 0 Å². The Morgan fingerprint density at radius 3 is 2.19 bits per heavy atom. The minimum Gasteiger partial charge on any atom is -0.394 e. The number of phosphoric acid groups is 2. The molecule has 0 radical (unpaired) electrons. The highest BCUT2D eigenvalue weighted by atomic mass is 31.3. The third-order valence-electron chi connectivity index (χ3n) is 3.22. The smallest absolute Gasteiger partial charge is 0.394 e. The quantitative estimate of drug-likeness (QED) is 0.343. The molecule has 1 fully saturated rings. The number of nitrogens with one attached hydrogen (secondary N) is 1. The van der Waals surface area contributed by atoms with E-state index in [-0.39, 0.29) is 0 Å². The molecular formula is C10H20FNO12P2. The monoisotopic (exact) mass is 427 g/mol. The zero-order valence-electron chi connectivity index (χ0n) is 13.9. The van der Waals surface area contributed by atoms with Gasteiger partial charge in [0.05, 0.1) is 6.61 Å². The Morgan fingerprint density at radius 1 is 1.19 bits per heavy atom. The van der Waals surface area contributed by atoms with Crippen LogP contribution in [-0.4, -0.2) is 72.7 Å². The molecule has 0 saturated carbocycles. The fourth-order valence-electron chi connectivity index (χ4n) is 1.98. The maximum Gasteiger partial charge on any atom is 0.514 e. The first-order valence-electron chi connectivity index (χ1n) is 6.96. The van der Waals surface area contributed by atoms with Crippen molar-refractivity contribution in [3.8, 4) is 0 Å². The average molecular weight is 427 g/mol. The van der Waals surface area contributed by atoms with E-state index in [1.54, 1.807) is 0 Å². The molecule has 4 N–H and O–H groups in total.